The predicted octanol–water partition coefficient (Wildman–Crippen LogP) is 0.620. The van der Waals surface area contributed by atoms with Gasteiger partial charge in [0.05, 0.1) is 0 Å². The molecule has 2 heteroatoms. The molecule has 2 nitrogen and oxygen atoms in total. The summed E-state index contributed by atoms with van der Waals surface area (Å²) in [6.07, 6.45) is 6.45. The molecule has 0 spiro atoms. The molecule has 2 rings (SSSR count). The molecule has 58 valence electrons. The van der Waals surface area contributed by atoms with E-state index in [1.807, 2.05) is 0 Å². The minimum atomic E-state index is 0.191. The van der Waals surface area contributed by atoms with Crippen molar-refractivity contribution in [2.75, 3.05) is 6.54 Å². The number of hydrogen-bond donors (Lipinski definition) is 2. The van der Waals surface area contributed by atoms with Gasteiger partial charge in [-0.2, -0.15) is 0 Å². The lowest BCUT2D eigenvalue weighted by atomic mass is 9.72. The maximum Gasteiger partial charge on any atom is 0.0309 e. The SMILES string of the molecule is NC1(C2CCCN2)CCC1. The monoisotopic (exact) mass is 140 g/mol. The highest BCUT2D eigenvalue weighted by Gasteiger charge is 2.41. The van der Waals surface area contributed by atoms with Crippen LogP contribution in [0.25, 0.3) is 0 Å². The standard InChI is InChI=1S/C8H16N2/c9-8(4-2-5-8)7-3-1-6-10-7/h7,10H,1-6,9H2. The van der Waals surface area contributed by atoms with Crippen molar-refractivity contribution in [3.8, 4) is 0 Å². The zero-order chi connectivity index (χ0) is 7.03. The van der Waals surface area contributed by atoms with Crippen molar-refractivity contribution >= 4 is 0 Å². The predicted molar refractivity (Wildman–Crippen MR) is 41.8 cm³/mol. The molecule has 1 atom stereocenters. The molecule has 1 saturated heterocycles. The third kappa shape index (κ3) is 0.867. The summed E-state index contributed by atoms with van der Waals surface area (Å²) >= 11 is 0. The molecular weight excluding hydrogens is 124 g/mol. The van der Waals surface area contributed by atoms with Crippen molar-refractivity contribution in [3.05, 3.63) is 0 Å². The summed E-state index contributed by atoms with van der Waals surface area (Å²) < 4.78 is 0. The highest BCUT2D eigenvalue weighted by molar-refractivity contribution is 5.03. The van der Waals surface area contributed by atoms with Crippen LogP contribution in [-0.2, 0) is 0 Å². The maximum atomic E-state index is 6.15. The number of nitrogens with one attached hydrogen (secondary N) is 1. The quantitative estimate of drug-likeness (QED) is 0.560. The zero-order valence-electron chi connectivity index (χ0n) is 6.40. The summed E-state index contributed by atoms with van der Waals surface area (Å²) in [6.45, 7) is 1.18. The van der Waals surface area contributed by atoms with Crippen molar-refractivity contribution in [2.24, 2.45) is 5.73 Å². The van der Waals surface area contributed by atoms with E-state index in [4.69, 9.17) is 5.73 Å². The average molecular weight is 140 g/mol. The van der Waals surface area contributed by atoms with Crippen LogP contribution < -0.4 is 11.1 Å². The van der Waals surface area contributed by atoms with E-state index in [9.17, 15) is 0 Å². The Balaban J connectivity index is 1.96. The van der Waals surface area contributed by atoms with Crippen molar-refractivity contribution in [3.63, 3.8) is 0 Å². The van der Waals surface area contributed by atoms with Gasteiger partial charge in [0.1, 0.15) is 0 Å². The Kier molecular flexibility index (Phi) is 1.46. The Morgan fingerprint density at radius 3 is 2.50 bits per heavy atom. The first-order valence-electron chi connectivity index (χ1n) is 4.33. The third-order valence-electron chi connectivity index (χ3n) is 3.04. The summed E-state index contributed by atoms with van der Waals surface area (Å²) in [6, 6.07) is 0.640. The van der Waals surface area contributed by atoms with Gasteiger partial charge in [-0.15, -0.1) is 0 Å². The fourth-order valence-corrected chi connectivity index (χ4v) is 2.11. The normalized spacial score (nSPS) is 37.5. The van der Waals surface area contributed by atoms with E-state index >= 15 is 0 Å². The maximum absolute atomic E-state index is 6.15. The Morgan fingerprint density at radius 1 is 1.30 bits per heavy atom. The fraction of sp³-hybridized carbons (Fsp3) is 1.00. The van der Waals surface area contributed by atoms with Crippen molar-refractivity contribution in [2.45, 2.75) is 43.7 Å². The molecule has 1 aliphatic heterocycles. The summed E-state index contributed by atoms with van der Waals surface area (Å²) in [5.74, 6) is 0. The molecular formula is C8H16N2. The topological polar surface area (TPSA) is 38.0 Å². The van der Waals surface area contributed by atoms with Crippen LogP contribution in [0.3, 0.4) is 0 Å². The van der Waals surface area contributed by atoms with Crippen LogP contribution in [0.1, 0.15) is 32.1 Å². The van der Waals surface area contributed by atoms with Gasteiger partial charge in [-0.1, -0.05) is 0 Å². The van der Waals surface area contributed by atoms with E-state index in [1.165, 1.54) is 38.6 Å². The van der Waals surface area contributed by atoms with Gasteiger partial charge in [-0.25, -0.2) is 0 Å². The minimum absolute atomic E-state index is 0.191. The van der Waals surface area contributed by atoms with Crippen molar-refractivity contribution < 1.29 is 0 Å². The molecule has 0 amide bonds. The molecule has 1 saturated carbocycles. The molecule has 1 heterocycles. The fourth-order valence-electron chi connectivity index (χ4n) is 2.11. The molecule has 3 N–H and O–H groups in total. The second-order valence-corrected chi connectivity index (χ2v) is 3.74. The Labute approximate surface area is 62.2 Å². The van der Waals surface area contributed by atoms with Crippen molar-refractivity contribution in [1.82, 2.24) is 5.32 Å². The second-order valence-electron chi connectivity index (χ2n) is 3.74. The van der Waals surface area contributed by atoms with Gasteiger partial charge in [0, 0.05) is 11.6 Å². The Bertz CT molecular complexity index is 123. The van der Waals surface area contributed by atoms with Gasteiger partial charge in [0.15, 0.2) is 0 Å². The number of hydrogen-bond acceptors (Lipinski definition) is 2. The summed E-state index contributed by atoms with van der Waals surface area (Å²) in [4.78, 5) is 0. The molecule has 0 aromatic rings. The molecule has 2 aliphatic rings. The molecule has 10 heavy (non-hydrogen) atoms. The van der Waals surface area contributed by atoms with E-state index in [1.54, 1.807) is 0 Å². The van der Waals surface area contributed by atoms with Gasteiger partial charge < -0.3 is 11.1 Å². The van der Waals surface area contributed by atoms with Crippen LogP contribution in [0.15, 0.2) is 0 Å². The first-order valence-corrected chi connectivity index (χ1v) is 4.33. The first kappa shape index (κ1) is 6.62. The minimum Gasteiger partial charge on any atom is -0.324 e. The van der Waals surface area contributed by atoms with Crippen LogP contribution >= 0.6 is 0 Å². The summed E-state index contributed by atoms with van der Waals surface area (Å²) in [5.41, 5.74) is 6.34. The van der Waals surface area contributed by atoms with Crippen molar-refractivity contribution in [1.29, 1.82) is 0 Å². The van der Waals surface area contributed by atoms with Gasteiger partial charge in [-0.3, -0.25) is 0 Å². The summed E-state index contributed by atoms with van der Waals surface area (Å²) in [7, 11) is 0. The third-order valence-corrected chi connectivity index (χ3v) is 3.04. The van der Waals surface area contributed by atoms with Crippen LogP contribution in [-0.4, -0.2) is 18.1 Å². The zero-order valence-corrected chi connectivity index (χ0v) is 6.40. The van der Waals surface area contributed by atoms with E-state index in [0.29, 0.717) is 6.04 Å². The molecule has 0 aromatic heterocycles. The van der Waals surface area contributed by atoms with E-state index in [-0.39, 0.29) is 5.54 Å². The number of rotatable bonds is 1. The molecule has 2 fully saturated rings. The van der Waals surface area contributed by atoms with E-state index < -0.39 is 0 Å². The molecule has 1 aliphatic carbocycles. The summed E-state index contributed by atoms with van der Waals surface area (Å²) in [5, 5.41) is 3.47. The second kappa shape index (κ2) is 2.21. The number of nitrogens with two attached hydrogens (primary N) is 1. The molecule has 0 aromatic carbocycles. The van der Waals surface area contributed by atoms with E-state index in [2.05, 4.69) is 5.32 Å². The van der Waals surface area contributed by atoms with Crippen LogP contribution in [0.4, 0.5) is 0 Å². The Hall–Kier alpha value is -0.0800. The van der Waals surface area contributed by atoms with Gasteiger partial charge in [0.2, 0.25) is 0 Å². The highest BCUT2D eigenvalue weighted by atomic mass is 15.0. The molecule has 1 unspecified atom stereocenters. The lowest BCUT2D eigenvalue weighted by Gasteiger charge is -2.43. The van der Waals surface area contributed by atoms with E-state index in [0.717, 1.165) is 0 Å². The lowest BCUT2D eigenvalue weighted by Crippen LogP contribution is -2.59. The van der Waals surface area contributed by atoms with Gasteiger partial charge in [0.25, 0.3) is 0 Å². The molecule has 0 bridgehead atoms. The van der Waals surface area contributed by atoms with Gasteiger partial charge >= 0.3 is 0 Å². The highest BCUT2D eigenvalue weighted by Crippen LogP contribution is 2.35. The smallest absolute Gasteiger partial charge is 0.0309 e. The average Bonchev–Trinajstić information content (AvgIpc) is 2.33. The molecule has 0 radical (unpaired) electrons. The van der Waals surface area contributed by atoms with Crippen LogP contribution in [0, 0.1) is 0 Å². The lowest BCUT2D eigenvalue weighted by molar-refractivity contribution is 0.189. The largest absolute Gasteiger partial charge is 0.324 e. The van der Waals surface area contributed by atoms with Crippen LogP contribution in [0.5, 0.6) is 0 Å². The Morgan fingerprint density at radius 2 is 2.10 bits per heavy atom. The van der Waals surface area contributed by atoms with Crippen LogP contribution in [0.2, 0.25) is 0 Å². The van der Waals surface area contributed by atoms with Gasteiger partial charge in [-0.05, 0) is 38.6 Å². The first-order chi connectivity index (χ1) is 4.81.